The number of amides is 2. The second kappa shape index (κ2) is 8.97. The normalized spacial score (nSPS) is 10.6. The second-order valence-corrected chi connectivity index (χ2v) is 8.33. The minimum Gasteiger partial charge on any atom is -0.348 e. The molecule has 1 aromatic carbocycles. The molecule has 7 heteroatoms. The first-order chi connectivity index (χ1) is 15.0. The van der Waals surface area contributed by atoms with Gasteiger partial charge in [-0.3, -0.25) is 14.6 Å². The predicted molar refractivity (Wildman–Crippen MR) is 123 cm³/mol. The SMILES string of the molecule is Cc1sc(-n2cccc2)c(C(=O)NCc2cccc(NC(=O)c3ccncc3)c2)c1C. The van der Waals surface area contributed by atoms with Crippen LogP contribution in [0.4, 0.5) is 5.69 Å². The van der Waals surface area contributed by atoms with E-state index in [1.807, 2.05) is 67.2 Å². The number of aryl methyl sites for hydroxylation is 1. The van der Waals surface area contributed by atoms with Crippen LogP contribution in [-0.2, 0) is 6.54 Å². The Labute approximate surface area is 184 Å². The summed E-state index contributed by atoms with van der Waals surface area (Å²) >= 11 is 1.61. The number of carbonyl (C=O) groups excluding carboxylic acids is 2. The molecule has 0 spiro atoms. The molecular formula is C24H22N4O2S. The first-order valence-electron chi connectivity index (χ1n) is 9.85. The van der Waals surface area contributed by atoms with E-state index in [0.29, 0.717) is 23.4 Å². The van der Waals surface area contributed by atoms with Crippen molar-refractivity contribution in [3.05, 3.63) is 100 Å². The Morgan fingerprint density at radius 3 is 2.48 bits per heavy atom. The van der Waals surface area contributed by atoms with Crippen molar-refractivity contribution in [2.75, 3.05) is 5.32 Å². The van der Waals surface area contributed by atoms with E-state index in [9.17, 15) is 9.59 Å². The van der Waals surface area contributed by atoms with Gasteiger partial charge in [-0.1, -0.05) is 12.1 Å². The van der Waals surface area contributed by atoms with Crippen LogP contribution in [0.2, 0.25) is 0 Å². The van der Waals surface area contributed by atoms with Crippen molar-refractivity contribution in [2.45, 2.75) is 20.4 Å². The molecule has 0 fully saturated rings. The first kappa shape index (κ1) is 20.6. The van der Waals surface area contributed by atoms with Gasteiger partial charge in [0.25, 0.3) is 11.8 Å². The minimum absolute atomic E-state index is 0.114. The number of hydrogen-bond donors (Lipinski definition) is 2. The summed E-state index contributed by atoms with van der Waals surface area (Å²) in [5, 5.41) is 6.81. The largest absolute Gasteiger partial charge is 0.348 e. The lowest BCUT2D eigenvalue weighted by Gasteiger charge is -2.10. The molecule has 0 bridgehead atoms. The maximum Gasteiger partial charge on any atom is 0.255 e. The fraction of sp³-hybridized carbons (Fsp3) is 0.125. The van der Waals surface area contributed by atoms with Gasteiger partial charge in [-0.05, 0) is 61.4 Å². The number of thiophene rings is 1. The van der Waals surface area contributed by atoms with Crippen molar-refractivity contribution in [1.29, 1.82) is 0 Å². The average molecular weight is 431 g/mol. The van der Waals surface area contributed by atoms with E-state index < -0.39 is 0 Å². The third-order valence-corrected chi connectivity index (χ3v) is 6.23. The Bertz CT molecular complexity index is 1210. The topological polar surface area (TPSA) is 76.0 Å². The van der Waals surface area contributed by atoms with Crippen LogP contribution in [0.3, 0.4) is 0 Å². The van der Waals surface area contributed by atoms with Crippen LogP contribution in [0.15, 0.2) is 73.3 Å². The van der Waals surface area contributed by atoms with Crippen molar-refractivity contribution in [3.63, 3.8) is 0 Å². The number of rotatable bonds is 6. The fourth-order valence-electron chi connectivity index (χ4n) is 3.26. The van der Waals surface area contributed by atoms with Gasteiger partial charge in [0, 0.05) is 47.5 Å². The highest BCUT2D eigenvalue weighted by molar-refractivity contribution is 7.15. The van der Waals surface area contributed by atoms with Crippen LogP contribution < -0.4 is 10.6 Å². The molecule has 0 aliphatic heterocycles. The molecule has 156 valence electrons. The molecule has 0 saturated carbocycles. The van der Waals surface area contributed by atoms with Crippen LogP contribution in [0.5, 0.6) is 0 Å². The molecule has 6 nitrogen and oxygen atoms in total. The van der Waals surface area contributed by atoms with E-state index in [-0.39, 0.29) is 11.8 Å². The third kappa shape index (κ3) is 4.57. The Morgan fingerprint density at radius 1 is 1.00 bits per heavy atom. The molecule has 31 heavy (non-hydrogen) atoms. The number of pyridine rings is 1. The molecular weight excluding hydrogens is 408 g/mol. The number of nitrogens with zero attached hydrogens (tertiary/aromatic N) is 2. The second-order valence-electron chi connectivity index (χ2n) is 7.13. The van der Waals surface area contributed by atoms with Gasteiger partial charge < -0.3 is 15.2 Å². The zero-order valence-corrected chi connectivity index (χ0v) is 18.1. The Morgan fingerprint density at radius 2 is 1.74 bits per heavy atom. The summed E-state index contributed by atoms with van der Waals surface area (Å²) in [5.41, 5.74) is 3.79. The maximum atomic E-state index is 13.0. The van der Waals surface area contributed by atoms with Gasteiger partial charge in [0.1, 0.15) is 5.00 Å². The molecule has 0 aliphatic carbocycles. The summed E-state index contributed by atoms with van der Waals surface area (Å²) in [6.45, 7) is 4.36. The van der Waals surface area contributed by atoms with Crippen LogP contribution >= 0.6 is 11.3 Å². The van der Waals surface area contributed by atoms with Crippen LogP contribution in [0.1, 0.15) is 36.7 Å². The summed E-state index contributed by atoms with van der Waals surface area (Å²) in [6.07, 6.45) is 7.04. The van der Waals surface area contributed by atoms with Crippen LogP contribution in [0.25, 0.3) is 5.00 Å². The monoisotopic (exact) mass is 430 g/mol. The third-order valence-electron chi connectivity index (χ3n) is 5.01. The highest BCUT2D eigenvalue weighted by atomic mass is 32.1. The highest BCUT2D eigenvalue weighted by Crippen LogP contribution is 2.31. The zero-order valence-electron chi connectivity index (χ0n) is 17.3. The molecule has 0 radical (unpaired) electrons. The Kier molecular flexibility index (Phi) is 5.95. The molecule has 4 rings (SSSR count). The zero-order chi connectivity index (χ0) is 21.8. The molecule has 0 aliphatic rings. The molecule has 3 heterocycles. The molecule has 0 unspecified atom stereocenters. The predicted octanol–water partition coefficient (Wildman–Crippen LogP) is 4.73. The van der Waals surface area contributed by atoms with Gasteiger partial charge >= 0.3 is 0 Å². The van der Waals surface area contributed by atoms with E-state index in [2.05, 4.69) is 15.6 Å². The number of carbonyl (C=O) groups is 2. The Balaban J connectivity index is 1.46. The summed E-state index contributed by atoms with van der Waals surface area (Å²) < 4.78 is 1.97. The molecule has 3 aromatic heterocycles. The van der Waals surface area contributed by atoms with Crippen molar-refractivity contribution in [2.24, 2.45) is 0 Å². The number of aromatic nitrogens is 2. The molecule has 2 N–H and O–H groups in total. The van der Waals surface area contributed by atoms with Gasteiger partial charge in [0.05, 0.1) is 5.56 Å². The van der Waals surface area contributed by atoms with Crippen molar-refractivity contribution < 1.29 is 9.59 Å². The standard InChI is InChI=1S/C24H22N4O2S/c1-16-17(2)31-24(28-12-3-4-13-28)21(16)23(30)26-15-18-6-5-7-20(14-18)27-22(29)19-8-10-25-11-9-19/h3-14H,15H2,1-2H3,(H,26,30)(H,27,29). The summed E-state index contributed by atoms with van der Waals surface area (Å²) in [4.78, 5) is 30.4. The number of hydrogen-bond acceptors (Lipinski definition) is 4. The number of anilines is 1. The lowest BCUT2D eigenvalue weighted by molar-refractivity contribution is 0.0949. The molecule has 0 saturated heterocycles. The van der Waals surface area contributed by atoms with E-state index in [1.54, 1.807) is 35.9 Å². The average Bonchev–Trinajstić information content (AvgIpc) is 3.41. The lowest BCUT2D eigenvalue weighted by atomic mass is 10.1. The lowest BCUT2D eigenvalue weighted by Crippen LogP contribution is -2.24. The summed E-state index contributed by atoms with van der Waals surface area (Å²) in [5.74, 6) is -0.318. The molecule has 4 aromatic rings. The molecule has 0 atom stereocenters. The van der Waals surface area contributed by atoms with Gasteiger partial charge in [0.15, 0.2) is 0 Å². The smallest absolute Gasteiger partial charge is 0.255 e. The van der Waals surface area contributed by atoms with Gasteiger partial charge in [-0.25, -0.2) is 0 Å². The number of nitrogens with one attached hydrogen (secondary N) is 2. The van der Waals surface area contributed by atoms with Gasteiger partial charge in [-0.15, -0.1) is 11.3 Å². The van der Waals surface area contributed by atoms with E-state index >= 15 is 0 Å². The van der Waals surface area contributed by atoms with E-state index in [4.69, 9.17) is 0 Å². The van der Waals surface area contributed by atoms with E-state index in [0.717, 1.165) is 21.0 Å². The van der Waals surface area contributed by atoms with Gasteiger partial charge in [0.2, 0.25) is 0 Å². The van der Waals surface area contributed by atoms with E-state index in [1.165, 1.54) is 0 Å². The van der Waals surface area contributed by atoms with Crippen molar-refractivity contribution in [3.8, 4) is 5.00 Å². The quantitative estimate of drug-likeness (QED) is 0.464. The Hall–Kier alpha value is -3.71. The van der Waals surface area contributed by atoms with Gasteiger partial charge in [-0.2, -0.15) is 0 Å². The van der Waals surface area contributed by atoms with Crippen molar-refractivity contribution >= 4 is 28.8 Å². The van der Waals surface area contributed by atoms with Crippen molar-refractivity contribution in [1.82, 2.24) is 14.9 Å². The highest BCUT2D eigenvalue weighted by Gasteiger charge is 2.20. The summed E-state index contributed by atoms with van der Waals surface area (Å²) in [7, 11) is 0. The molecule has 2 amide bonds. The maximum absolute atomic E-state index is 13.0. The van der Waals surface area contributed by atoms with Crippen LogP contribution in [0, 0.1) is 13.8 Å². The van der Waals surface area contributed by atoms with Crippen LogP contribution in [-0.4, -0.2) is 21.4 Å². The fourth-order valence-corrected chi connectivity index (χ4v) is 4.38. The number of benzene rings is 1. The first-order valence-corrected chi connectivity index (χ1v) is 10.7. The summed E-state index contributed by atoms with van der Waals surface area (Å²) in [6, 6.07) is 14.7. The minimum atomic E-state index is -0.204.